The van der Waals surface area contributed by atoms with Crippen molar-refractivity contribution in [2.75, 3.05) is 11.9 Å². The summed E-state index contributed by atoms with van der Waals surface area (Å²) in [7, 11) is 0. The van der Waals surface area contributed by atoms with Crippen molar-refractivity contribution < 1.29 is 14.4 Å². The molecule has 1 unspecified atom stereocenters. The SMILES string of the molecule is CC(CCCO)Nc1cc(F)c(I)cc1[N+](=O)[O-]. The third-order valence-corrected chi connectivity index (χ3v) is 3.26. The molecule has 1 aromatic carbocycles. The van der Waals surface area contributed by atoms with Crippen LogP contribution in [0, 0.1) is 19.5 Å². The number of nitro groups is 1. The molecular formula is C11H14FIN2O3. The molecule has 0 spiro atoms. The van der Waals surface area contributed by atoms with E-state index in [9.17, 15) is 14.5 Å². The number of benzene rings is 1. The van der Waals surface area contributed by atoms with Gasteiger partial charge in [-0.05, 0) is 42.4 Å². The predicted octanol–water partition coefficient (Wildman–Crippen LogP) is 2.91. The van der Waals surface area contributed by atoms with Crippen LogP contribution in [0.3, 0.4) is 0 Å². The number of nitro benzene ring substituents is 1. The molecule has 0 radical (unpaired) electrons. The third-order valence-electron chi connectivity index (χ3n) is 2.43. The maximum Gasteiger partial charge on any atom is 0.293 e. The Balaban J connectivity index is 2.93. The van der Waals surface area contributed by atoms with Crippen LogP contribution >= 0.6 is 22.6 Å². The van der Waals surface area contributed by atoms with Gasteiger partial charge in [-0.25, -0.2) is 4.39 Å². The third kappa shape index (κ3) is 4.05. The summed E-state index contributed by atoms with van der Waals surface area (Å²) in [5.74, 6) is -0.488. The molecule has 0 heterocycles. The van der Waals surface area contributed by atoms with Gasteiger partial charge in [0.25, 0.3) is 5.69 Å². The molecule has 0 amide bonds. The van der Waals surface area contributed by atoms with E-state index in [0.717, 1.165) is 6.07 Å². The Bertz CT molecular complexity index is 443. The molecule has 0 fully saturated rings. The Hall–Kier alpha value is -0.960. The van der Waals surface area contributed by atoms with Crippen molar-refractivity contribution in [3.63, 3.8) is 0 Å². The van der Waals surface area contributed by atoms with Gasteiger partial charge in [-0.3, -0.25) is 10.1 Å². The minimum Gasteiger partial charge on any atom is -0.396 e. The molecule has 1 aromatic rings. The topological polar surface area (TPSA) is 75.4 Å². The highest BCUT2D eigenvalue weighted by molar-refractivity contribution is 14.1. The van der Waals surface area contributed by atoms with Gasteiger partial charge >= 0.3 is 0 Å². The Kier molecular flexibility index (Phi) is 5.73. The van der Waals surface area contributed by atoms with E-state index in [4.69, 9.17) is 5.11 Å². The minimum absolute atomic E-state index is 0.0646. The Morgan fingerprint density at radius 2 is 2.28 bits per heavy atom. The molecule has 100 valence electrons. The lowest BCUT2D eigenvalue weighted by atomic mass is 10.1. The molecule has 0 bridgehead atoms. The number of aliphatic hydroxyl groups excluding tert-OH is 1. The van der Waals surface area contributed by atoms with Gasteiger partial charge in [0, 0.05) is 24.8 Å². The molecule has 18 heavy (non-hydrogen) atoms. The van der Waals surface area contributed by atoms with Crippen molar-refractivity contribution in [1.82, 2.24) is 0 Å². The van der Waals surface area contributed by atoms with Gasteiger partial charge < -0.3 is 10.4 Å². The maximum absolute atomic E-state index is 13.4. The predicted molar refractivity (Wildman–Crippen MR) is 75.2 cm³/mol. The van der Waals surface area contributed by atoms with Crippen molar-refractivity contribution in [3.05, 3.63) is 31.6 Å². The summed E-state index contributed by atoms with van der Waals surface area (Å²) in [4.78, 5) is 10.3. The Morgan fingerprint density at radius 1 is 1.61 bits per heavy atom. The number of aliphatic hydroxyl groups is 1. The van der Waals surface area contributed by atoms with Crippen LogP contribution in [0.4, 0.5) is 15.8 Å². The highest BCUT2D eigenvalue weighted by Gasteiger charge is 2.18. The van der Waals surface area contributed by atoms with Gasteiger partial charge in [-0.2, -0.15) is 0 Å². The zero-order valence-electron chi connectivity index (χ0n) is 9.82. The summed E-state index contributed by atoms with van der Waals surface area (Å²) in [6, 6.07) is 2.27. The quantitative estimate of drug-likeness (QED) is 0.460. The average Bonchev–Trinajstić information content (AvgIpc) is 2.30. The normalized spacial score (nSPS) is 12.2. The van der Waals surface area contributed by atoms with Crippen LogP contribution in [0.25, 0.3) is 0 Å². The summed E-state index contributed by atoms with van der Waals surface area (Å²) >= 11 is 1.72. The lowest BCUT2D eigenvalue weighted by molar-refractivity contribution is -0.384. The monoisotopic (exact) mass is 368 g/mol. The molecule has 0 aliphatic rings. The zero-order chi connectivity index (χ0) is 13.7. The molecule has 1 atom stereocenters. The molecule has 0 aromatic heterocycles. The second-order valence-electron chi connectivity index (χ2n) is 3.95. The average molecular weight is 368 g/mol. The van der Waals surface area contributed by atoms with Crippen LogP contribution in [-0.2, 0) is 0 Å². The molecule has 7 heteroatoms. The van der Waals surface area contributed by atoms with Gasteiger partial charge in [0.15, 0.2) is 0 Å². The summed E-state index contributed by atoms with van der Waals surface area (Å²) in [6.45, 7) is 1.89. The second kappa shape index (κ2) is 6.83. The highest BCUT2D eigenvalue weighted by atomic mass is 127. The number of rotatable bonds is 6. The molecule has 1 rings (SSSR count). The number of nitrogens with zero attached hydrogens (tertiary/aromatic N) is 1. The smallest absolute Gasteiger partial charge is 0.293 e. The number of hydrogen-bond donors (Lipinski definition) is 2. The highest BCUT2D eigenvalue weighted by Crippen LogP contribution is 2.29. The molecule has 0 saturated carbocycles. The van der Waals surface area contributed by atoms with Crippen LogP contribution in [-0.4, -0.2) is 22.7 Å². The van der Waals surface area contributed by atoms with Crippen molar-refractivity contribution in [3.8, 4) is 0 Å². The summed E-state index contributed by atoms with van der Waals surface area (Å²) < 4.78 is 13.6. The first-order valence-electron chi connectivity index (χ1n) is 5.46. The molecular weight excluding hydrogens is 354 g/mol. The lowest BCUT2D eigenvalue weighted by Crippen LogP contribution is -2.16. The first-order valence-corrected chi connectivity index (χ1v) is 6.54. The summed E-state index contributed by atoms with van der Waals surface area (Å²) in [5, 5.41) is 22.5. The number of anilines is 1. The van der Waals surface area contributed by atoms with Crippen LogP contribution in [0.2, 0.25) is 0 Å². The van der Waals surface area contributed by atoms with Crippen LogP contribution in [0.5, 0.6) is 0 Å². The molecule has 2 N–H and O–H groups in total. The number of nitrogens with one attached hydrogen (secondary N) is 1. The van der Waals surface area contributed by atoms with Crippen LogP contribution in [0.1, 0.15) is 19.8 Å². The van der Waals surface area contributed by atoms with E-state index in [1.165, 1.54) is 6.07 Å². The molecule has 0 aliphatic heterocycles. The van der Waals surface area contributed by atoms with E-state index >= 15 is 0 Å². The Morgan fingerprint density at radius 3 is 2.83 bits per heavy atom. The van der Waals surface area contributed by atoms with Gasteiger partial charge in [0.1, 0.15) is 11.5 Å². The van der Waals surface area contributed by atoms with E-state index in [-0.39, 0.29) is 27.6 Å². The summed E-state index contributed by atoms with van der Waals surface area (Å²) in [6.07, 6.45) is 1.25. The van der Waals surface area contributed by atoms with Crippen molar-refractivity contribution in [2.45, 2.75) is 25.8 Å². The second-order valence-corrected chi connectivity index (χ2v) is 5.11. The summed E-state index contributed by atoms with van der Waals surface area (Å²) in [5.41, 5.74) is 0.0278. The van der Waals surface area contributed by atoms with E-state index in [0.29, 0.717) is 12.8 Å². The van der Waals surface area contributed by atoms with Gasteiger partial charge in [-0.15, -0.1) is 0 Å². The lowest BCUT2D eigenvalue weighted by Gasteiger charge is -2.15. The van der Waals surface area contributed by atoms with Gasteiger partial charge in [-0.1, -0.05) is 0 Å². The first-order chi connectivity index (χ1) is 8.45. The fourth-order valence-electron chi connectivity index (χ4n) is 1.54. The number of hydrogen-bond acceptors (Lipinski definition) is 4. The first kappa shape index (κ1) is 15.1. The van der Waals surface area contributed by atoms with Gasteiger partial charge in [0.2, 0.25) is 0 Å². The van der Waals surface area contributed by atoms with Gasteiger partial charge in [0.05, 0.1) is 8.49 Å². The van der Waals surface area contributed by atoms with E-state index in [2.05, 4.69) is 5.32 Å². The zero-order valence-corrected chi connectivity index (χ0v) is 12.0. The van der Waals surface area contributed by atoms with Crippen molar-refractivity contribution >= 4 is 34.0 Å². The van der Waals surface area contributed by atoms with Crippen molar-refractivity contribution in [1.29, 1.82) is 0 Å². The van der Waals surface area contributed by atoms with Crippen molar-refractivity contribution in [2.24, 2.45) is 0 Å². The van der Waals surface area contributed by atoms with E-state index in [1.807, 2.05) is 6.92 Å². The standard InChI is InChI=1S/C11H14FIN2O3/c1-7(3-2-4-16)14-10-5-8(12)9(13)6-11(10)15(17)18/h5-7,14,16H,2-4H2,1H3. The van der Waals surface area contributed by atoms with Crippen LogP contribution < -0.4 is 5.32 Å². The largest absolute Gasteiger partial charge is 0.396 e. The fraction of sp³-hybridized carbons (Fsp3) is 0.455. The minimum atomic E-state index is -0.539. The molecule has 5 nitrogen and oxygen atoms in total. The number of halogens is 2. The van der Waals surface area contributed by atoms with E-state index < -0.39 is 10.7 Å². The van der Waals surface area contributed by atoms with Crippen LogP contribution in [0.15, 0.2) is 12.1 Å². The van der Waals surface area contributed by atoms with E-state index in [1.54, 1.807) is 22.6 Å². The molecule has 0 saturated heterocycles. The molecule has 0 aliphatic carbocycles. The maximum atomic E-state index is 13.4. The Labute approximate surface area is 118 Å². The fourth-order valence-corrected chi connectivity index (χ4v) is 1.99.